The average Bonchev–Trinajstić information content (AvgIpc) is 2.66. The lowest BCUT2D eigenvalue weighted by molar-refractivity contribution is 0.424. The number of H-pyrrole nitrogens is 1. The molecule has 0 saturated heterocycles. The molecule has 0 aliphatic rings. The van der Waals surface area contributed by atoms with E-state index >= 15 is 0 Å². The topological polar surface area (TPSA) is 20.7 Å². The largest absolute Gasteiger partial charge is 0.337 e. The first kappa shape index (κ1) is 15.5. The molecule has 0 fully saturated rings. The molecule has 1 atom stereocenters. The van der Waals surface area contributed by atoms with Crippen molar-refractivity contribution in [2.45, 2.75) is 78.2 Å². The summed E-state index contributed by atoms with van der Waals surface area (Å²) in [4.78, 5) is 3.20. The lowest BCUT2D eigenvalue weighted by Crippen LogP contribution is -2.20. The van der Waals surface area contributed by atoms with Gasteiger partial charge in [-0.3, -0.25) is 0 Å². The molecule has 1 aromatic heterocycles. The van der Waals surface area contributed by atoms with Gasteiger partial charge in [0.25, 0.3) is 0 Å². The summed E-state index contributed by atoms with van der Waals surface area (Å²) in [5.41, 5.74) is 1.46. The summed E-state index contributed by atoms with van der Waals surface area (Å²) in [6.45, 7) is 11.3. The second kappa shape index (κ2) is 6.55. The van der Waals surface area contributed by atoms with Gasteiger partial charge in [-0.15, -0.1) is 0 Å². The van der Waals surface area contributed by atoms with Crippen molar-refractivity contribution in [3.63, 3.8) is 0 Å². The molecule has 0 radical (unpaired) electrons. The smallest absolute Gasteiger partial charge is 0.177 e. The van der Waals surface area contributed by atoms with E-state index in [-0.39, 0.29) is 5.41 Å². The van der Waals surface area contributed by atoms with Gasteiger partial charge in [0.2, 0.25) is 0 Å². The van der Waals surface area contributed by atoms with E-state index in [1.807, 2.05) is 0 Å². The van der Waals surface area contributed by atoms with E-state index in [0.717, 1.165) is 4.77 Å². The fourth-order valence-electron chi connectivity index (χ4n) is 2.39. The molecular formula is C15H28N2S. The first-order chi connectivity index (χ1) is 8.38. The predicted octanol–water partition coefficient (Wildman–Crippen LogP) is 5.37. The van der Waals surface area contributed by atoms with Crippen LogP contribution in [0, 0.1) is 4.77 Å². The van der Waals surface area contributed by atoms with Crippen LogP contribution in [-0.4, -0.2) is 9.55 Å². The van der Waals surface area contributed by atoms with Crippen molar-refractivity contribution in [1.29, 1.82) is 0 Å². The molecule has 0 aliphatic carbocycles. The monoisotopic (exact) mass is 268 g/mol. The Morgan fingerprint density at radius 1 is 1.28 bits per heavy atom. The van der Waals surface area contributed by atoms with Crippen LogP contribution in [0.3, 0.4) is 0 Å². The van der Waals surface area contributed by atoms with E-state index in [1.165, 1.54) is 37.8 Å². The van der Waals surface area contributed by atoms with Crippen LogP contribution in [0.1, 0.15) is 78.5 Å². The Morgan fingerprint density at radius 3 is 2.50 bits per heavy atom. The highest BCUT2D eigenvalue weighted by Crippen LogP contribution is 2.27. The Labute approximate surface area is 117 Å². The van der Waals surface area contributed by atoms with Gasteiger partial charge in [0, 0.05) is 23.3 Å². The van der Waals surface area contributed by atoms with E-state index in [0.29, 0.717) is 6.04 Å². The average molecular weight is 268 g/mol. The van der Waals surface area contributed by atoms with Crippen molar-refractivity contribution in [1.82, 2.24) is 9.55 Å². The van der Waals surface area contributed by atoms with E-state index < -0.39 is 0 Å². The zero-order valence-corrected chi connectivity index (χ0v) is 13.4. The summed E-state index contributed by atoms with van der Waals surface area (Å²) in [5.74, 6) is 0. The van der Waals surface area contributed by atoms with Gasteiger partial charge >= 0.3 is 0 Å². The van der Waals surface area contributed by atoms with Gasteiger partial charge < -0.3 is 9.55 Å². The van der Waals surface area contributed by atoms with Crippen LogP contribution >= 0.6 is 12.2 Å². The first-order valence-electron chi connectivity index (χ1n) is 7.18. The van der Waals surface area contributed by atoms with Crippen LogP contribution in [0.15, 0.2) is 6.20 Å². The van der Waals surface area contributed by atoms with Crippen molar-refractivity contribution < 1.29 is 0 Å². The number of imidazole rings is 1. The minimum absolute atomic E-state index is 0.144. The van der Waals surface area contributed by atoms with Crippen LogP contribution < -0.4 is 0 Å². The van der Waals surface area contributed by atoms with E-state index in [9.17, 15) is 0 Å². The first-order valence-corrected chi connectivity index (χ1v) is 7.59. The summed E-state index contributed by atoms with van der Waals surface area (Å²) in [6.07, 6.45) is 8.57. The Bertz CT molecular complexity index is 409. The van der Waals surface area contributed by atoms with Gasteiger partial charge in [0.1, 0.15) is 0 Å². The van der Waals surface area contributed by atoms with Gasteiger partial charge in [-0.1, -0.05) is 53.4 Å². The number of nitrogens with one attached hydrogen (secondary N) is 1. The molecule has 1 heterocycles. The molecule has 0 spiro atoms. The maximum absolute atomic E-state index is 5.43. The van der Waals surface area contributed by atoms with Gasteiger partial charge in [0.15, 0.2) is 4.77 Å². The molecule has 0 aliphatic heterocycles. The molecule has 1 aromatic rings. The molecule has 2 nitrogen and oxygen atoms in total. The lowest BCUT2D eigenvalue weighted by atomic mass is 9.92. The van der Waals surface area contributed by atoms with Crippen molar-refractivity contribution >= 4 is 12.2 Å². The summed E-state index contributed by atoms with van der Waals surface area (Å²) >= 11 is 5.43. The predicted molar refractivity (Wildman–Crippen MR) is 81.8 cm³/mol. The summed E-state index contributed by atoms with van der Waals surface area (Å²) in [6, 6.07) is 0.495. The molecule has 0 saturated carbocycles. The summed E-state index contributed by atoms with van der Waals surface area (Å²) < 4.78 is 3.17. The number of unbranched alkanes of at least 4 members (excludes halogenated alkanes) is 3. The number of hydrogen-bond acceptors (Lipinski definition) is 1. The van der Waals surface area contributed by atoms with Gasteiger partial charge in [-0.05, 0) is 25.6 Å². The van der Waals surface area contributed by atoms with E-state index in [2.05, 4.69) is 50.4 Å². The SMILES string of the molecule is CCCCCCC(C)n1c(C(C)(C)C)c[nH]c1=S. The van der Waals surface area contributed by atoms with Crippen LogP contribution in [0.2, 0.25) is 0 Å². The minimum atomic E-state index is 0.144. The highest BCUT2D eigenvalue weighted by atomic mass is 32.1. The number of hydrogen-bond donors (Lipinski definition) is 1. The van der Waals surface area contributed by atoms with Crippen LogP contribution in [0.25, 0.3) is 0 Å². The Hall–Kier alpha value is -0.570. The number of rotatable bonds is 6. The third-order valence-electron chi connectivity index (χ3n) is 3.50. The quantitative estimate of drug-likeness (QED) is 0.543. The molecule has 0 bridgehead atoms. The van der Waals surface area contributed by atoms with Gasteiger partial charge in [0.05, 0.1) is 0 Å². The molecule has 0 aromatic carbocycles. The van der Waals surface area contributed by atoms with E-state index in [1.54, 1.807) is 0 Å². The zero-order chi connectivity index (χ0) is 13.8. The van der Waals surface area contributed by atoms with Crippen molar-refractivity contribution in [2.75, 3.05) is 0 Å². The molecule has 104 valence electrons. The summed E-state index contributed by atoms with van der Waals surface area (Å²) in [5, 5.41) is 0. The Morgan fingerprint density at radius 2 is 1.94 bits per heavy atom. The highest BCUT2D eigenvalue weighted by Gasteiger charge is 2.21. The van der Waals surface area contributed by atoms with Crippen molar-refractivity contribution in [3.05, 3.63) is 16.7 Å². The lowest BCUT2D eigenvalue weighted by Gasteiger charge is -2.24. The molecule has 1 N–H and O–H groups in total. The number of nitrogens with zero attached hydrogens (tertiary/aromatic N) is 1. The maximum Gasteiger partial charge on any atom is 0.177 e. The molecule has 3 heteroatoms. The third-order valence-corrected chi connectivity index (χ3v) is 3.81. The van der Waals surface area contributed by atoms with E-state index in [4.69, 9.17) is 12.2 Å². The second-order valence-corrected chi connectivity index (χ2v) is 6.68. The normalized spacial score (nSPS) is 13.8. The van der Waals surface area contributed by atoms with Gasteiger partial charge in [-0.25, -0.2) is 0 Å². The summed E-state index contributed by atoms with van der Waals surface area (Å²) in [7, 11) is 0. The zero-order valence-electron chi connectivity index (χ0n) is 12.5. The van der Waals surface area contributed by atoms with Crippen LogP contribution in [0.5, 0.6) is 0 Å². The molecule has 18 heavy (non-hydrogen) atoms. The minimum Gasteiger partial charge on any atom is -0.337 e. The molecule has 1 rings (SSSR count). The number of aromatic amines is 1. The Kier molecular flexibility index (Phi) is 5.64. The van der Waals surface area contributed by atoms with Crippen LogP contribution in [0.4, 0.5) is 0 Å². The van der Waals surface area contributed by atoms with Gasteiger partial charge in [-0.2, -0.15) is 0 Å². The second-order valence-electron chi connectivity index (χ2n) is 6.30. The fraction of sp³-hybridized carbons (Fsp3) is 0.800. The molecular weight excluding hydrogens is 240 g/mol. The standard InChI is InChI=1S/C15H28N2S/c1-6-7-8-9-10-12(2)17-13(15(3,4)5)11-16-14(17)18/h11-12H,6-10H2,1-5H3,(H,16,18). The highest BCUT2D eigenvalue weighted by molar-refractivity contribution is 7.71. The third kappa shape index (κ3) is 3.98. The molecule has 1 unspecified atom stereocenters. The van der Waals surface area contributed by atoms with Crippen molar-refractivity contribution in [3.8, 4) is 0 Å². The molecule has 0 amide bonds. The van der Waals surface area contributed by atoms with Crippen molar-refractivity contribution in [2.24, 2.45) is 0 Å². The van der Waals surface area contributed by atoms with Crippen LogP contribution in [-0.2, 0) is 5.41 Å². The number of aromatic nitrogens is 2. The fourth-order valence-corrected chi connectivity index (χ4v) is 2.73. The Balaban J connectivity index is 2.76. The maximum atomic E-state index is 5.43.